The van der Waals surface area contributed by atoms with Gasteiger partial charge in [-0.1, -0.05) is 19.1 Å². The number of anilines is 1. The first kappa shape index (κ1) is 19.8. The van der Waals surface area contributed by atoms with Gasteiger partial charge in [-0.15, -0.1) is 0 Å². The number of hydrogen-bond donors (Lipinski definition) is 1. The lowest BCUT2D eigenvalue weighted by atomic mass is 10.2. The van der Waals surface area contributed by atoms with Gasteiger partial charge in [0.1, 0.15) is 17.4 Å². The standard InChI is InChI=1S/C21H26N4O3/c1-3-19-23-18-9-5-4-8-17(18)21(24-19)25(15-16-7-6-13-28-16)12-10-20(26)22-11-14-27-2/h4-9,13H,3,10-12,14-15H2,1-2H3,(H,22,26). The van der Waals surface area contributed by atoms with Crippen LogP contribution in [0.1, 0.15) is 24.9 Å². The Balaban J connectivity index is 1.86. The smallest absolute Gasteiger partial charge is 0.221 e. The molecular weight excluding hydrogens is 356 g/mol. The van der Waals surface area contributed by atoms with Crippen LogP contribution in [0.3, 0.4) is 0 Å². The number of fused-ring (bicyclic) bond motifs is 1. The molecule has 0 radical (unpaired) electrons. The fourth-order valence-corrected chi connectivity index (χ4v) is 2.97. The predicted molar refractivity (Wildman–Crippen MR) is 108 cm³/mol. The van der Waals surface area contributed by atoms with Gasteiger partial charge in [0.2, 0.25) is 5.91 Å². The average molecular weight is 382 g/mol. The summed E-state index contributed by atoms with van der Waals surface area (Å²) in [5.74, 6) is 2.40. The van der Waals surface area contributed by atoms with Crippen LogP contribution >= 0.6 is 0 Å². The molecule has 148 valence electrons. The lowest BCUT2D eigenvalue weighted by Gasteiger charge is -2.24. The maximum absolute atomic E-state index is 12.2. The highest BCUT2D eigenvalue weighted by Crippen LogP contribution is 2.26. The molecule has 3 aromatic rings. The predicted octanol–water partition coefficient (Wildman–Crippen LogP) is 2.94. The van der Waals surface area contributed by atoms with Crippen LogP contribution in [-0.2, 0) is 22.5 Å². The summed E-state index contributed by atoms with van der Waals surface area (Å²) in [7, 11) is 1.61. The number of nitrogens with zero attached hydrogens (tertiary/aromatic N) is 3. The van der Waals surface area contributed by atoms with Crippen molar-refractivity contribution < 1.29 is 13.9 Å². The number of amides is 1. The molecular formula is C21H26N4O3. The second-order valence-electron chi connectivity index (χ2n) is 6.43. The third-order valence-corrected chi connectivity index (χ3v) is 4.41. The first-order valence-corrected chi connectivity index (χ1v) is 9.50. The Bertz CT molecular complexity index is 896. The van der Waals surface area contributed by atoms with Gasteiger partial charge in [-0.3, -0.25) is 4.79 Å². The number of carbonyl (C=O) groups is 1. The Morgan fingerprint density at radius 1 is 1.21 bits per heavy atom. The van der Waals surface area contributed by atoms with Gasteiger partial charge >= 0.3 is 0 Å². The van der Waals surface area contributed by atoms with E-state index in [1.165, 1.54) is 0 Å². The van der Waals surface area contributed by atoms with Crippen LogP contribution in [0.5, 0.6) is 0 Å². The topological polar surface area (TPSA) is 80.5 Å². The Labute approximate surface area is 164 Å². The van der Waals surface area contributed by atoms with Gasteiger partial charge in [0, 0.05) is 38.4 Å². The van der Waals surface area contributed by atoms with Crippen molar-refractivity contribution in [2.24, 2.45) is 0 Å². The number of methoxy groups -OCH3 is 1. The highest BCUT2D eigenvalue weighted by atomic mass is 16.5. The third-order valence-electron chi connectivity index (χ3n) is 4.41. The summed E-state index contributed by atoms with van der Waals surface area (Å²) in [6, 6.07) is 11.7. The van der Waals surface area contributed by atoms with Crippen molar-refractivity contribution in [2.45, 2.75) is 26.3 Å². The molecule has 1 amide bonds. The van der Waals surface area contributed by atoms with E-state index in [2.05, 4.69) is 15.2 Å². The number of hydrogen-bond acceptors (Lipinski definition) is 6. The summed E-state index contributed by atoms with van der Waals surface area (Å²) in [4.78, 5) is 23.7. The minimum atomic E-state index is -0.0180. The monoisotopic (exact) mass is 382 g/mol. The number of aromatic nitrogens is 2. The SMILES string of the molecule is CCc1nc(N(CCC(=O)NCCOC)Cc2ccco2)c2ccccc2n1. The maximum Gasteiger partial charge on any atom is 0.221 e. The van der Waals surface area contributed by atoms with Gasteiger partial charge < -0.3 is 19.4 Å². The second-order valence-corrected chi connectivity index (χ2v) is 6.43. The molecule has 7 heteroatoms. The van der Waals surface area contributed by atoms with E-state index in [1.54, 1.807) is 13.4 Å². The fraction of sp³-hybridized carbons (Fsp3) is 0.381. The van der Waals surface area contributed by atoms with Crippen LogP contribution in [0.15, 0.2) is 47.1 Å². The summed E-state index contributed by atoms with van der Waals surface area (Å²) < 4.78 is 10.5. The van der Waals surface area contributed by atoms with Crippen LogP contribution in [0.4, 0.5) is 5.82 Å². The minimum Gasteiger partial charge on any atom is -0.467 e. The lowest BCUT2D eigenvalue weighted by molar-refractivity contribution is -0.121. The largest absolute Gasteiger partial charge is 0.467 e. The molecule has 0 aliphatic carbocycles. The zero-order valence-corrected chi connectivity index (χ0v) is 16.4. The van der Waals surface area contributed by atoms with Crippen molar-refractivity contribution in [3.05, 3.63) is 54.2 Å². The molecule has 0 aliphatic heterocycles. The van der Waals surface area contributed by atoms with Gasteiger partial charge in [-0.05, 0) is 24.3 Å². The van der Waals surface area contributed by atoms with Crippen LogP contribution in [0.2, 0.25) is 0 Å². The van der Waals surface area contributed by atoms with Crippen molar-refractivity contribution >= 4 is 22.6 Å². The van der Waals surface area contributed by atoms with Gasteiger partial charge in [0.05, 0.1) is 24.9 Å². The van der Waals surface area contributed by atoms with E-state index in [4.69, 9.17) is 14.1 Å². The van der Waals surface area contributed by atoms with E-state index < -0.39 is 0 Å². The summed E-state index contributed by atoms with van der Waals surface area (Å²) in [5.41, 5.74) is 0.901. The maximum atomic E-state index is 12.2. The van der Waals surface area contributed by atoms with Crippen molar-refractivity contribution in [3.8, 4) is 0 Å². The molecule has 0 aliphatic rings. The molecule has 0 saturated carbocycles. The Morgan fingerprint density at radius 3 is 2.82 bits per heavy atom. The number of rotatable bonds is 10. The molecule has 7 nitrogen and oxygen atoms in total. The average Bonchev–Trinajstić information content (AvgIpc) is 3.23. The number of ether oxygens (including phenoxy) is 1. The number of para-hydroxylation sites is 1. The highest BCUT2D eigenvalue weighted by Gasteiger charge is 2.17. The van der Waals surface area contributed by atoms with Crippen molar-refractivity contribution in [1.29, 1.82) is 0 Å². The Kier molecular flexibility index (Phi) is 6.97. The van der Waals surface area contributed by atoms with Gasteiger partial charge in [0.25, 0.3) is 0 Å². The fourth-order valence-electron chi connectivity index (χ4n) is 2.97. The van der Waals surface area contributed by atoms with Gasteiger partial charge in [0.15, 0.2) is 0 Å². The van der Waals surface area contributed by atoms with Crippen molar-refractivity contribution in [1.82, 2.24) is 15.3 Å². The summed E-state index contributed by atoms with van der Waals surface area (Å²) in [6.45, 7) is 4.09. The molecule has 0 unspecified atom stereocenters. The van der Waals surface area contributed by atoms with E-state index >= 15 is 0 Å². The van der Waals surface area contributed by atoms with E-state index in [-0.39, 0.29) is 5.91 Å². The van der Waals surface area contributed by atoms with Crippen LogP contribution in [0.25, 0.3) is 10.9 Å². The van der Waals surface area contributed by atoms with Crippen molar-refractivity contribution in [2.75, 3.05) is 31.7 Å². The quantitative estimate of drug-likeness (QED) is 0.543. The molecule has 0 spiro atoms. The van der Waals surface area contributed by atoms with Gasteiger partial charge in [-0.25, -0.2) is 9.97 Å². The Morgan fingerprint density at radius 2 is 2.07 bits per heavy atom. The van der Waals surface area contributed by atoms with Gasteiger partial charge in [-0.2, -0.15) is 0 Å². The summed E-state index contributed by atoms with van der Waals surface area (Å²) >= 11 is 0. The summed E-state index contributed by atoms with van der Waals surface area (Å²) in [6.07, 6.45) is 2.74. The molecule has 3 rings (SSSR count). The second kappa shape index (κ2) is 9.85. The van der Waals surface area contributed by atoms with Crippen LogP contribution in [-0.4, -0.2) is 42.7 Å². The van der Waals surface area contributed by atoms with Crippen LogP contribution < -0.4 is 10.2 Å². The van der Waals surface area contributed by atoms with E-state index in [0.717, 1.165) is 34.7 Å². The molecule has 0 atom stereocenters. The van der Waals surface area contributed by atoms with E-state index in [9.17, 15) is 4.79 Å². The highest BCUT2D eigenvalue weighted by molar-refractivity contribution is 5.89. The number of furan rings is 1. The molecule has 0 bridgehead atoms. The molecule has 2 aromatic heterocycles. The first-order chi connectivity index (χ1) is 13.7. The molecule has 0 fully saturated rings. The first-order valence-electron chi connectivity index (χ1n) is 9.50. The Hall–Kier alpha value is -2.93. The van der Waals surface area contributed by atoms with E-state index in [0.29, 0.717) is 32.7 Å². The van der Waals surface area contributed by atoms with Crippen molar-refractivity contribution in [3.63, 3.8) is 0 Å². The minimum absolute atomic E-state index is 0.0180. The normalized spacial score (nSPS) is 10.9. The number of benzene rings is 1. The molecule has 2 heterocycles. The summed E-state index contributed by atoms with van der Waals surface area (Å²) in [5, 5.41) is 3.83. The zero-order valence-electron chi connectivity index (χ0n) is 16.4. The van der Waals surface area contributed by atoms with E-state index in [1.807, 2.05) is 43.3 Å². The zero-order chi connectivity index (χ0) is 19.8. The number of aryl methyl sites for hydroxylation is 1. The molecule has 28 heavy (non-hydrogen) atoms. The van der Waals surface area contributed by atoms with Crippen LogP contribution in [0, 0.1) is 0 Å². The number of nitrogens with one attached hydrogen (secondary N) is 1. The molecule has 1 aromatic carbocycles. The lowest BCUT2D eigenvalue weighted by Crippen LogP contribution is -2.32. The molecule has 1 N–H and O–H groups in total. The molecule has 0 saturated heterocycles. The number of carbonyl (C=O) groups excluding carboxylic acids is 1. The third kappa shape index (κ3) is 5.07.